The molecule has 5 heteroatoms. The van der Waals surface area contributed by atoms with Crippen molar-refractivity contribution in [1.29, 1.82) is 0 Å². The molecule has 2 saturated carbocycles. The van der Waals surface area contributed by atoms with Crippen LogP contribution < -0.4 is 4.74 Å². The Kier molecular flexibility index (Phi) is 3.01. The van der Waals surface area contributed by atoms with Crippen LogP contribution in [0.5, 0.6) is 11.5 Å². The Morgan fingerprint density at radius 1 is 1.24 bits per heavy atom. The molecule has 5 aliphatic rings. The summed E-state index contributed by atoms with van der Waals surface area (Å²) in [5.41, 5.74) is 1.38. The molecule has 2 N–H and O–H groups in total. The number of likely N-dealkylation sites (tertiary alicyclic amines) is 1. The number of aromatic hydroxyl groups is 1. The molecule has 1 aromatic carbocycles. The normalized spacial score (nSPS) is 44.3. The second-order valence-electron chi connectivity index (χ2n) is 8.84. The predicted molar refractivity (Wildman–Crippen MR) is 103 cm³/mol. The molecule has 1 aromatic rings. The van der Waals surface area contributed by atoms with Crippen molar-refractivity contribution in [3.05, 3.63) is 23.3 Å². The molecule has 2 aliphatic heterocycles. The largest absolute Gasteiger partial charge is 0.504 e. The van der Waals surface area contributed by atoms with Gasteiger partial charge < -0.3 is 14.9 Å². The maximum absolute atomic E-state index is 12.1. The van der Waals surface area contributed by atoms with Gasteiger partial charge in [0.1, 0.15) is 6.10 Å². The van der Waals surface area contributed by atoms with E-state index < -0.39 is 5.60 Å². The van der Waals surface area contributed by atoms with Gasteiger partial charge in [-0.15, -0.1) is 0 Å². The number of halogens is 1. The van der Waals surface area contributed by atoms with Crippen molar-refractivity contribution in [2.75, 3.05) is 13.1 Å². The van der Waals surface area contributed by atoms with Crippen LogP contribution >= 0.6 is 22.6 Å². The average Bonchev–Trinajstić information content (AvgIpc) is 3.32. The number of alkyl halides is 1. The third-order valence-electron chi connectivity index (χ3n) is 7.69. The van der Waals surface area contributed by atoms with E-state index in [0.29, 0.717) is 9.67 Å². The summed E-state index contributed by atoms with van der Waals surface area (Å²) >= 11 is 2.50. The van der Waals surface area contributed by atoms with Gasteiger partial charge in [0, 0.05) is 22.1 Å². The fourth-order valence-electron chi connectivity index (χ4n) is 6.42. The van der Waals surface area contributed by atoms with Crippen LogP contribution in [0.2, 0.25) is 0 Å². The summed E-state index contributed by atoms with van der Waals surface area (Å²) in [5.74, 6) is 1.75. The van der Waals surface area contributed by atoms with Crippen molar-refractivity contribution < 1.29 is 14.9 Å². The zero-order valence-corrected chi connectivity index (χ0v) is 16.4. The van der Waals surface area contributed by atoms with Crippen molar-refractivity contribution >= 4 is 22.6 Å². The molecule has 5 atom stereocenters. The lowest BCUT2D eigenvalue weighted by atomic mass is 9.49. The third kappa shape index (κ3) is 1.76. The Labute approximate surface area is 161 Å². The topological polar surface area (TPSA) is 52.9 Å². The van der Waals surface area contributed by atoms with Gasteiger partial charge in [-0.1, -0.05) is 28.7 Å². The second-order valence-corrected chi connectivity index (χ2v) is 10.4. The molecule has 134 valence electrons. The summed E-state index contributed by atoms with van der Waals surface area (Å²) in [6, 6.07) is 4.06. The zero-order valence-electron chi connectivity index (χ0n) is 14.2. The molecule has 0 unspecified atom stereocenters. The highest BCUT2D eigenvalue weighted by Crippen LogP contribution is 2.66. The van der Waals surface area contributed by atoms with Crippen molar-refractivity contribution in [3.8, 4) is 11.5 Å². The summed E-state index contributed by atoms with van der Waals surface area (Å²) in [4.78, 5) is 2.58. The van der Waals surface area contributed by atoms with Gasteiger partial charge in [0.2, 0.25) is 0 Å². The Morgan fingerprint density at radius 3 is 2.88 bits per heavy atom. The maximum Gasteiger partial charge on any atom is 0.165 e. The number of hydrogen-bond donors (Lipinski definition) is 2. The summed E-state index contributed by atoms with van der Waals surface area (Å²) in [7, 11) is 0. The van der Waals surface area contributed by atoms with Crippen molar-refractivity contribution in [1.82, 2.24) is 4.90 Å². The minimum absolute atomic E-state index is 0.0141. The van der Waals surface area contributed by atoms with Crippen molar-refractivity contribution in [2.45, 2.75) is 65.6 Å². The minimum atomic E-state index is -0.724. The van der Waals surface area contributed by atoms with E-state index in [9.17, 15) is 10.2 Å². The molecule has 3 aliphatic carbocycles. The van der Waals surface area contributed by atoms with Crippen LogP contribution in [0.4, 0.5) is 0 Å². The maximum atomic E-state index is 12.1. The molecule has 0 amide bonds. The van der Waals surface area contributed by atoms with Gasteiger partial charge in [-0.25, -0.2) is 0 Å². The van der Waals surface area contributed by atoms with Gasteiger partial charge in [-0.05, 0) is 62.6 Å². The number of piperidine rings is 1. The number of nitrogens with zero attached hydrogens (tertiary/aromatic N) is 1. The van der Waals surface area contributed by atoms with Gasteiger partial charge in [0.05, 0.1) is 11.0 Å². The van der Waals surface area contributed by atoms with E-state index in [4.69, 9.17) is 4.74 Å². The summed E-state index contributed by atoms with van der Waals surface area (Å²) in [6.07, 6.45) is 6.35. The van der Waals surface area contributed by atoms with E-state index in [-0.39, 0.29) is 23.3 Å². The minimum Gasteiger partial charge on any atom is -0.504 e. The van der Waals surface area contributed by atoms with Crippen LogP contribution in [0, 0.1) is 5.92 Å². The van der Waals surface area contributed by atoms with Gasteiger partial charge in [-0.3, -0.25) is 4.90 Å². The lowest BCUT2D eigenvalue weighted by Crippen LogP contribution is -2.76. The van der Waals surface area contributed by atoms with Crippen molar-refractivity contribution in [3.63, 3.8) is 0 Å². The highest BCUT2D eigenvalue weighted by Gasteiger charge is 2.72. The van der Waals surface area contributed by atoms with Crippen LogP contribution in [0.25, 0.3) is 0 Å². The van der Waals surface area contributed by atoms with Gasteiger partial charge >= 0.3 is 0 Å². The lowest BCUT2D eigenvalue weighted by molar-refractivity contribution is -0.182. The summed E-state index contributed by atoms with van der Waals surface area (Å²) in [6.45, 7) is 2.18. The number of hydrogen-bond acceptors (Lipinski definition) is 4. The van der Waals surface area contributed by atoms with Crippen LogP contribution in [-0.2, 0) is 11.8 Å². The highest BCUT2D eigenvalue weighted by atomic mass is 125. The Bertz CT molecular complexity index is 766. The average molecular weight is 451 g/mol. The van der Waals surface area contributed by atoms with E-state index in [1.807, 2.05) is 0 Å². The molecule has 25 heavy (non-hydrogen) atoms. The monoisotopic (exact) mass is 451 g/mol. The third-order valence-corrected chi connectivity index (χ3v) is 8.97. The van der Waals surface area contributed by atoms with E-state index in [0.717, 1.165) is 50.3 Å². The van der Waals surface area contributed by atoms with Gasteiger partial charge in [0.25, 0.3) is 0 Å². The van der Waals surface area contributed by atoms with Crippen LogP contribution in [0.15, 0.2) is 12.1 Å². The first-order chi connectivity index (χ1) is 12.0. The number of ether oxygens (including phenoxy) is 1. The molecule has 2 heterocycles. The van der Waals surface area contributed by atoms with E-state index >= 15 is 0 Å². The molecule has 0 aromatic heterocycles. The molecular formula is C20H24INO3. The number of aliphatic hydroxyl groups is 1. The summed E-state index contributed by atoms with van der Waals surface area (Å²) < 4.78 is 6.76. The van der Waals surface area contributed by atoms with E-state index in [1.54, 1.807) is 6.07 Å². The molecule has 2 bridgehead atoms. The fraction of sp³-hybridized carbons (Fsp3) is 0.700. The summed E-state index contributed by atoms with van der Waals surface area (Å²) in [5, 5.41) is 22.6. The molecule has 6 rings (SSSR count). The predicted octanol–water partition coefficient (Wildman–Crippen LogP) is 2.76. The number of phenolic OH excluding ortho intramolecular Hbond substituents is 1. The first-order valence-electron chi connectivity index (χ1n) is 9.67. The molecule has 1 saturated heterocycles. The quantitative estimate of drug-likeness (QED) is 0.537. The number of rotatable bonds is 2. The zero-order chi connectivity index (χ0) is 17.0. The van der Waals surface area contributed by atoms with Gasteiger partial charge in [-0.2, -0.15) is 0 Å². The SMILES string of the molecule is Oc1ccc2c3c1O[C@H]1[C@H]([125I])CC[C@@]4(O)[C@@H](C2)N(CC2CC2)CC[C@]314. The number of phenols is 1. The first kappa shape index (κ1) is 15.5. The smallest absolute Gasteiger partial charge is 0.165 e. The highest BCUT2D eigenvalue weighted by molar-refractivity contribution is 14.1. The second kappa shape index (κ2) is 4.84. The Balaban J connectivity index is 1.57. The first-order valence-corrected chi connectivity index (χ1v) is 10.9. The molecule has 4 nitrogen and oxygen atoms in total. The molecule has 3 fully saturated rings. The van der Waals surface area contributed by atoms with Crippen LogP contribution in [0.3, 0.4) is 0 Å². The molecular weight excluding hydrogens is 427 g/mol. The fourth-order valence-corrected chi connectivity index (χ4v) is 7.49. The molecule has 1 spiro atoms. The van der Waals surface area contributed by atoms with Crippen LogP contribution in [-0.4, -0.2) is 49.9 Å². The van der Waals surface area contributed by atoms with Gasteiger partial charge in [0.15, 0.2) is 11.5 Å². The van der Waals surface area contributed by atoms with Crippen molar-refractivity contribution in [2.24, 2.45) is 5.92 Å². The standard InChI is InChI=1S/C20H24INO3/c21-13-5-6-20(24)15-9-12-3-4-14(23)17-16(12)19(20,18(13)25-17)7-8-22(15)10-11-1-2-11/h3-4,11,13,15,18,23-24H,1-2,5-10H2/t13-,15-,18+,19+,20-/m1/s1/i21-2. The van der Waals surface area contributed by atoms with Crippen LogP contribution in [0.1, 0.15) is 43.2 Å². The Hall–Kier alpha value is -0.530. The van der Waals surface area contributed by atoms with E-state index in [2.05, 4.69) is 33.6 Å². The van der Waals surface area contributed by atoms with E-state index in [1.165, 1.54) is 18.4 Å². The number of benzene rings is 1. The Morgan fingerprint density at radius 2 is 2.08 bits per heavy atom. The lowest BCUT2D eigenvalue weighted by Gasteiger charge is -2.63. The molecule has 0 radical (unpaired) electrons.